The van der Waals surface area contributed by atoms with Gasteiger partial charge in [0.25, 0.3) is 0 Å². The number of aromatic nitrogens is 1. The van der Waals surface area contributed by atoms with E-state index in [2.05, 4.69) is 52.9 Å². The van der Waals surface area contributed by atoms with E-state index in [0.717, 1.165) is 37.6 Å². The maximum atomic E-state index is 5.49. The Balaban J connectivity index is 1.88. The summed E-state index contributed by atoms with van der Waals surface area (Å²) in [6, 6.07) is 4.68. The molecule has 0 aromatic carbocycles. The number of nitrogens with zero attached hydrogens (tertiary/aromatic N) is 3. The first-order valence-corrected chi connectivity index (χ1v) is 7.58. The SMILES string of the molecule is CC(/C=C\C(C)N1CCN(c2ccc(C)cn2)CC1)=C/N. The molecule has 1 saturated heterocycles. The maximum absolute atomic E-state index is 5.49. The number of allylic oxidation sites excluding steroid dienone is 2. The van der Waals surface area contributed by atoms with Crippen molar-refractivity contribution in [2.24, 2.45) is 5.73 Å². The fourth-order valence-corrected chi connectivity index (χ4v) is 2.47. The molecule has 0 saturated carbocycles. The van der Waals surface area contributed by atoms with Gasteiger partial charge in [0, 0.05) is 38.4 Å². The van der Waals surface area contributed by atoms with E-state index in [-0.39, 0.29) is 0 Å². The zero-order valence-electron chi connectivity index (χ0n) is 13.3. The average molecular weight is 286 g/mol. The van der Waals surface area contributed by atoms with Crippen LogP contribution in [0.3, 0.4) is 0 Å². The molecule has 1 aliphatic rings. The minimum Gasteiger partial charge on any atom is -0.404 e. The van der Waals surface area contributed by atoms with E-state index in [1.807, 2.05) is 13.1 Å². The molecular weight excluding hydrogens is 260 g/mol. The first-order valence-electron chi connectivity index (χ1n) is 7.58. The molecule has 114 valence electrons. The smallest absolute Gasteiger partial charge is 0.128 e. The Morgan fingerprint density at radius 2 is 2.00 bits per heavy atom. The van der Waals surface area contributed by atoms with Crippen LogP contribution in [-0.4, -0.2) is 42.1 Å². The lowest BCUT2D eigenvalue weighted by Crippen LogP contribution is -2.49. The minimum atomic E-state index is 0.438. The van der Waals surface area contributed by atoms with E-state index in [1.165, 1.54) is 5.56 Å². The van der Waals surface area contributed by atoms with Crippen molar-refractivity contribution in [1.82, 2.24) is 9.88 Å². The van der Waals surface area contributed by atoms with Gasteiger partial charge in [-0.3, -0.25) is 4.90 Å². The van der Waals surface area contributed by atoms with Crippen molar-refractivity contribution in [3.8, 4) is 0 Å². The largest absolute Gasteiger partial charge is 0.404 e. The average Bonchev–Trinajstić information content (AvgIpc) is 2.53. The zero-order valence-corrected chi connectivity index (χ0v) is 13.3. The van der Waals surface area contributed by atoms with Gasteiger partial charge in [0.2, 0.25) is 0 Å². The van der Waals surface area contributed by atoms with Crippen LogP contribution in [-0.2, 0) is 0 Å². The van der Waals surface area contributed by atoms with Crippen LogP contribution in [0.1, 0.15) is 19.4 Å². The van der Waals surface area contributed by atoms with Gasteiger partial charge < -0.3 is 10.6 Å². The normalized spacial score (nSPS) is 19.2. The van der Waals surface area contributed by atoms with Crippen molar-refractivity contribution in [2.45, 2.75) is 26.8 Å². The number of anilines is 1. The van der Waals surface area contributed by atoms with Gasteiger partial charge in [0.15, 0.2) is 0 Å². The van der Waals surface area contributed by atoms with Crippen LogP contribution in [0.5, 0.6) is 0 Å². The zero-order chi connectivity index (χ0) is 15.2. The number of rotatable bonds is 4. The third-order valence-corrected chi connectivity index (χ3v) is 4.01. The van der Waals surface area contributed by atoms with Crippen molar-refractivity contribution in [3.63, 3.8) is 0 Å². The molecule has 1 atom stereocenters. The Labute approximate surface area is 128 Å². The van der Waals surface area contributed by atoms with Crippen LogP contribution < -0.4 is 10.6 Å². The Morgan fingerprint density at radius 1 is 1.29 bits per heavy atom. The van der Waals surface area contributed by atoms with E-state index in [1.54, 1.807) is 6.20 Å². The van der Waals surface area contributed by atoms with E-state index < -0.39 is 0 Å². The monoisotopic (exact) mass is 286 g/mol. The van der Waals surface area contributed by atoms with Crippen LogP contribution in [0, 0.1) is 6.92 Å². The molecule has 1 aromatic heterocycles. The molecule has 1 unspecified atom stereocenters. The van der Waals surface area contributed by atoms with Gasteiger partial charge in [-0.05, 0) is 44.2 Å². The molecule has 0 radical (unpaired) electrons. The third-order valence-electron chi connectivity index (χ3n) is 4.01. The summed E-state index contributed by atoms with van der Waals surface area (Å²) in [4.78, 5) is 9.36. The van der Waals surface area contributed by atoms with Crippen molar-refractivity contribution >= 4 is 5.82 Å². The molecule has 1 fully saturated rings. The highest BCUT2D eigenvalue weighted by Gasteiger charge is 2.20. The predicted octanol–water partition coefficient (Wildman–Crippen LogP) is 2.32. The lowest BCUT2D eigenvalue weighted by molar-refractivity contribution is 0.227. The van der Waals surface area contributed by atoms with Crippen LogP contribution in [0.25, 0.3) is 0 Å². The van der Waals surface area contributed by atoms with Gasteiger partial charge in [0.1, 0.15) is 5.82 Å². The molecule has 1 aliphatic heterocycles. The van der Waals surface area contributed by atoms with E-state index in [0.29, 0.717) is 6.04 Å². The molecule has 21 heavy (non-hydrogen) atoms. The maximum Gasteiger partial charge on any atom is 0.128 e. The first kappa shape index (κ1) is 15.6. The molecule has 2 rings (SSSR count). The first-order chi connectivity index (χ1) is 10.1. The topological polar surface area (TPSA) is 45.4 Å². The minimum absolute atomic E-state index is 0.438. The summed E-state index contributed by atoms with van der Waals surface area (Å²) >= 11 is 0. The van der Waals surface area contributed by atoms with Gasteiger partial charge in [-0.1, -0.05) is 18.2 Å². The van der Waals surface area contributed by atoms with Crippen molar-refractivity contribution in [1.29, 1.82) is 0 Å². The summed E-state index contributed by atoms with van der Waals surface area (Å²) in [6.07, 6.45) is 7.90. The lowest BCUT2D eigenvalue weighted by Gasteiger charge is -2.37. The fraction of sp³-hybridized carbons (Fsp3) is 0.471. The van der Waals surface area contributed by atoms with E-state index >= 15 is 0 Å². The van der Waals surface area contributed by atoms with E-state index in [9.17, 15) is 0 Å². The molecule has 1 aromatic rings. The number of nitrogens with two attached hydrogens (primary N) is 1. The number of pyridine rings is 1. The van der Waals surface area contributed by atoms with Crippen LogP contribution >= 0.6 is 0 Å². The van der Waals surface area contributed by atoms with Gasteiger partial charge >= 0.3 is 0 Å². The number of aryl methyl sites for hydroxylation is 1. The van der Waals surface area contributed by atoms with Gasteiger partial charge in [-0.2, -0.15) is 0 Å². The Bertz CT molecular complexity index is 496. The second-order valence-corrected chi connectivity index (χ2v) is 5.73. The highest BCUT2D eigenvalue weighted by molar-refractivity contribution is 5.39. The highest BCUT2D eigenvalue weighted by atomic mass is 15.3. The number of hydrogen-bond donors (Lipinski definition) is 1. The van der Waals surface area contributed by atoms with Gasteiger partial charge in [0.05, 0.1) is 0 Å². The van der Waals surface area contributed by atoms with Crippen molar-refractivity contribution in [2.75, 3.05) is 31.1 Å². The van der Waals surface area contributed by atoms with E-state index in [4.69, 9.17) is 5.73 Å². The van der Waals surface area contributed by atoms with Gasteiger partial charge in [-0.25, -0.2) is 4.98 Å². The molecule has 4 heteroatoms. The standard InChI is InChI=1S/C17H26N4/c1-14(12-18)4-6-16(3)20-8-10-21(11-9-20)17-7-5-15(2)13-19-17/h4-7,12-13,16H,8-11,18H2,1-3H3/b6-4-,14-12-. The third kappa shape index (κ3) is 4.33. The highest BCUT2D eigenvalue weighted by Crippen LogP contribution is 2.15. The van der Waals surface area contributed by atoms with Crippen LogP contribution in [0.2, 0.25) is 0 Å². The molecule has 0 aliphatic carbocycles. The molecule has 0 amide bonds. The summed E-state index contributed by atoms with van der Waals surface area (Å²) in [5, 5.41) is 0. The number of hydrogen-bond acceptors (Lipinski definition) is 4. The van der Waals surface area contributed by atoms with Crippen molar-refractivity contribution in [3.05, 3.63) is 47.8 Å². The molecule has 0 spiro atoms. The quantitative estimate of drug-likeness (QED) is 0.863. The summed E-state index contributed by atoms with van der Waals surface area (Å²) in [6.45, 7) is 10.5. The van der Waals surface area contributed by atoms with Crippen molar-refractivity contribution < 1.29 is 0 Å². The summed E-state index contributed by atoms with van der Waals surface area (Å²) < 4.78 is 0. The molecule has 4 nitrogen and oxygen atoms in total. The Morgan fingerprint density at radius 3 is 2.57 bits per heavy atom. The second kappa shape index (κ2) is 7.27. The molecular formula is C17H26N4. The number of piperazine rings is 1. The summed E-state index contributed by atoms with van der Waals surface area (Å²) in [7, 11) is 0. The molecule has 2 N–H and O–H groups in total. The van der Waals surface area contributed by atoms with Gasteiger partial charge in [-0.15, -0.1) is 0 Å². The fourth-order valence-electron chi connectivity index (χ4n) is 2.47. The second-order valence-electron chi connectivity index (χ2n) is 5.73. The van der Waals surface area contributed by atoms with Crippen LogP contribution in [0.4, 0.5) is 5.82 Å². The summed E-state index contributed by atoms with van der Waals surface area (Å²) in [5.41, 5.74) is 7.80. The molecule has 0 bridgehead atoms. The predicted molar refractivity (Wildman–Crippen MR) is 89.3 cm³/mol. The Kier molecular flexibility index (Phi) is 5.39. The lowest BCUT2D eigenvalue weighted by atomic mass is 10.2. The Hall–Kier alpha value is -1.81. The van der Waals surface area contributed by atoms with Crippen LogP contribution in [0.15, 0.2) is 42.3 Å². The summed E-state index contributed by atoms with van der Waals surface area (Å²) in [5.74, 6) is 1.09. The molecule has 2 heterocycles.